The number of amides is 1. The number of carboxylic acids is 1. The maximum absolute atomic E-state index is 11.9. The van der Waals surface area contributed by atoms with Gasteiger partial charge in [-0.3, -0.25) is 9.59 Å². The van der Waals surface area contributed by atoms with Crippen LogP contribution in [0.4, 0.5) is 11.4 Å². The predicted octanol–water partition coefficient (Wildman–Crippen LogP) is 1.10. The van der Waals surface area contributed by atoms with Crippen molar-refractivity contribution in [2.45, 2.75) is 13.3 Å². The first-order valence-electron chi connectivity index (χ1n) is 6.04. The SMILES string of the molecule is CC(CCN1C(=O)COc2ccc(N)cc21)C(=O)O. The van der Waals surface area contributed by atoms with E-state index < -0.39 is 11.9 Å². The molecule has 0 saturated carbocycles. The molecule has 1 aromatic rings. The average Bonchev–Trinajstić information content (AvgIpc) is 2.37. The highest BCUT2D eigenvalue weighted by Gasteiger charge is 2.26. The Morgan fingerprint density at radius 2 is 2.32 bits per heavy atom. The molecule has 1 atom stereocenters. The van der Waals surface area contributed by atoms with Gasteiger partial charge in [0.15, 0.2) is 6.61 Å². The molecule has 3 N–H and O–H groups in total. The van der Waals surface area contributed by atoms with Gasteiger partial charge in [0, 0.05) is 12.2 Å². The number of aliphatic carboxylic acids is 1. The van der Waals surface area contributed by atoms with Gasteiger partial charge in [0.2, 0.25) is 0 Å². The highest BCUT2D eigenvalue weighted by atomic mass is 16.5. The third-order valence-corrected chi connectivity index (χ3v) is 3.13. The van der Waals surface area contributed by atoms with Crippen molar-refractivity contribution in [1.29, 1.82) is 0 Å². The number of carboxylic acid groups (broad SMARTS) is 1. The van der Waals surface area contributed by atoms with Crippen LogP contribution in [-0.2, 0) is 9.59 Å². The van der Waals surface area contributed by atoms with E-state index in [1.807, 2.05) is 0 Å². The van der Waals surface area contributed by atoms with E-state index in [-0.39, 0.29) is 12.5 Å². The second-order valence-electron chi connectivity index (χ2n) is 4.59. The average molecular weight is 264 g/mol. The topological polar surface area (TPSA) is 92.9 Å². The van der Waals surface area contributed by atoms with Gasteiger partial charge in [0.25, 0.3) is 5.91 Å². The van der Waals surface area contributed by atoms with Crippen LogP contribution in [0.25, 0.3) is 0 Å². The maximum atomic E-state index is 11.9. The van der Waals surface area contributed by atoms with E-state index in [0.29, 0.717) is 30.1 Å². The van der Waals surface area contributed by atoms with Crippen molar-refractivity contribution in [2.24, 2.45) is 5.92 Å². The van der Waals surface area contributed by atoms with Gasteiger partial charge in [-0.2, -0.15) is 0 Å². The quantitative estimate of drug-likeness (QED) is 0.794. The van der Waals surface area contributed by atoms with E-state index in [9.17, 15) is 9.59 Å². The molecule has 1 amide bonds. The van der Waals surface area contributed by atoms with Gasteiger partial charge in [-0.25, -0.2) is 0 Å². The van der Waals surface area contributed by atoms with Gasteiger partial charge in [-0.15, -0.1) is 0 Å². The zero-order valence-corrected chi connectivity index (χ0v) is 10.6. The van der Waals surface area contributed by atoms with Crippen LogP contribution < -0.4 is 15.4 Å². The molecule has 1 unspecified atom stereocenters. The molecule has 1 aliphatic rings. The summed E-state index contributed by atoms with van der Waals surface area (Å²) < 4.78 is 5.31. The minimum absolute atomic E-state index is 0.0294. The number of hydrogen-bond donors (Lipinski definition) is 2. The van der Waals surface area contributed by atoms with Gasteiger partial charge in [0.1, 0.15) is 5.75 Å². The van der Waals surface area contributed by atoms with Crippen LogP contribution in [0.1, 0.15) is 13.3 Å². The summed E-state index contributed by atoms with van der Waals surface area (Å²) in [5.41, 5.74) is 6.85. The van der Waals surface area contributed by atoms with Gasteiger partial charge in [0.05, 0.1) is 11.6 Å². The van der Waals surface area contributed by atoms with Crippen LogP contribution in [-0.4, -0.2) is 30.1 Å². The lowest BCUT2D eigenvalue weighted by Gasteiger charge is -2.30. The van der Waals surface area contributed by atoms with Gasteiger partial charge in [-0.1, -0.05) is 6.92 Å². The smallest absolute Gasteiger partial charge is 0.306 e. The number of nitrogens with zero attached hydrogens (tertiary/aromatic N) is 1. The molecule has 19 heavy (non-hydrogen) atoms. The lowest BCUT2D eigenvalue weighted by molar-refractivity contribution is -0.141. The van der Waals surface area contributed by atoms with Crippen molar-refractivity contribution in [1.82, 2.24) is 0 Å². The minimum Gasteiger partial charge on any atom is -0.482 e. The Bertz CT molecular complexity index is 515. The summed E-state index contributed by atoms with van der Waals surface area (Å²) in [6.45, 7) is 1.93. The molecule has 1 aliphatic heterocycles. The fourth-order valence-corrected chi connectivity index (χ4v) is 1.91. The van der Waals surface area contributed by atoms with Gasteiger partial charge in [-0.05, 0) is 24.6 Å². The van der Waals surface area contributed by atoms with Crippen LogP contribution >= 0.6 is 0 Å². The number of fused-ring (bicyclic) bond motifs is 1. The van der Waals surface area contributed by atoms with Crippen molar-refractivity contribution in [3.8, 4) is 5.75 Å². The number of carbonyl (C=O) groups is 2. The lowest BCUT2D eigenvalue weighted by atomic mass is 10.1. The standard InChI is InChI=1S/C13H16N2O4/c1-8(13(17)18)4-5-15-10-6-9(14)2-3-11(10)19-7-12(15)16/h2-3,6,8H,4-5,7,14H2,1H3,(H,17,18). The molecule has 0 aliphatic carbocycles. The second-order valence-corrected chi connectivity index (χ2v) is 4.59. The summed E-state index contributed by atoms with van der Waals surface area (Å²) in [5.74, 6) is -0.957. The Hall–Kier alpha value is -2.24. The van der Waals surface area contributed by atoms with E-state index in [4.69, 9.17) is 15.6 Å². The van der Waals surface area contributed by atoms with Crippen LogP contribution in [0.2, 0.25) is 0 Å². The molecule has 0 saturated heterocycles. The number of ether oxygens (including phenoxy) is 1. The zero-order valence-electron chi connectivity index (χ0n) is 10.6. The molecule has 0 bridgehead atoms. The van der Waals surface area contributed by atoms with E-state index in [0.717, 1.165) is 0 Å². The highest BCUT2D eigenvalue weighted by Crippen LogP contribution is 2.34. The summed E-state index contributed by atoms with van der Waals surface area (Å²) >= 11 is 0. The number of anilines is 2. The molecule has 102 valence electrons. The molecule has 0 spiro atoms. The number of nitrogen functional groups attached to an aromatic ring is 1. The van der Waals surface area contributed by atoms with Crippen LogP contribution in [0.5, 0.6) is 5.75 Å². The second kappa shape index (κ2) is 5.17. The van der Waals surface area contributed by atoms with E-state index in [1.165, 1.54) is 4.90 Å². The minimum atomic E-state index is -0.867. The highest BCUT2D eigenvalue weighted by molar-refractivity contribution is 5.98. The van der Waals surface area contributed by atoms with E-state index in [1.54, 1.807) is 25.1 Å². The first-order chi connectivity index (χ1) is 8.99. The van der Waals surface area contributed by atoms with E-state index in [2.05, 4.69) is 0 Å². The molecule has 0 radical (unpaired) electrons. The number of nitrogens with two attached hydrogens (primary N) is 1. The Labute approximate surface area is 110 Å². The predicted molar refractivity (Wildman–Crippen MR) is 70.1 cm³/mol. The number of rotatable bonds is 4. The Morgan fingerprint density at radius 1 is 1.58 bits per heavy atom. The van der Waals surface area contributed by atoms with Gasteiger partial charge < -0.3 is 20.5 Å². The summed E-state index contributed by atoms with van der Waals surface area (Å²) in [7, 11) is 0. The fraction of sp³-hybridized carbons (Fsp3) is 0.385. The summed E-state index contributed by atoms with van der Waals surface area (Å²) in [4.78, 5) is 24.2. The Morgan fingerprint density at radius 3 is 3.00 bits per heavy atom. The third-order valence-electron chi connectivity index (χ3n) is 3.13. The maximum Gasteiger partial charge on any atom is 0.306 e. The number of benzene rings is 1. The van der Waals surface area contributed by atoms with Crippen molar-refractivity contribution in [3.63, 3.8) is 0 Å². The van der Waals surface area contributed by atoms with Crippen LogP contribution in [0.3, 0.4) is 0 Å². The number of hydrogen-bond acceptors (Lipinski definition) is 4. The molecule has 6 nitrogen and oxygen atoms in total. The normalized spacial score (nSPS) is 15.6. The molecule has 0 aromatic heterocycles. The van der Waals surface area contributed by atoms with Crippen LogP contribution in [0, 0.1) is 5.92 Å². The largest absolute Gasteiger partial charge is 0.482 e. The molecular formula is C13H16N2O4. The van der Waals surface area contributed by atoms with Gasteiger partial charge >= 0.3 is 5.97 Å². The number of carbonyl (C=O) groups excluding carboxylic acids is 1. The lowest BCUT2D eigenvalue weighted by Crippen LogP contribution is -2.40. The van der Waals surface area contributed by atoms with Crippen molar-refractivity contribution < 1.29 is 19.4 Å². The fourth-order valence-electron chi connectivity index (χ4n) is 1.91. The van der Waals surface area contributed by atoms with Crippen molar-refractivity contribution >= 4 is 23.3 Å². The molecule has 2 rings (SSSR count). The van der Waals surface area contributed by atoms with Crippen molar-refractivity contribution in [3.05, 3.63) is 18.2 Å². The van der Waals surface area contributed by atoms with E-state index >= 15 is 0 Å². The first kappa shape index (κ1) is 13.2. The Balaban J connectivity index is 2.18. The Kier molecular flexibility index (Phi) is 3.59. The first-order valence-corrected chi connectivity index (χ1v) is 6.04. The molecular weight excluding hydrogens is 248 g/mol. The third kappa shape index (κ3) is 2.78. The molecule has 1 aromatic carbocycles. The molecule has 1 heterocycles. The summed E-state index contributed by atoms with van der Waals surface area (Å²) in [6, 6.07) is 5.08. The molecule has 0 fully saturated rings. The summed E-state index contributed by atoms with van der Waals surface area (Å²) in [5, 5.41) is 8.87. The van der Waals surface area contributed by atoms with Crippen LogP contribution in [0.15, 0.2) is 18.2 Å². The summed E-state index contributed by atoms with van der Waals surface area (Å²) in [6.07, 6.45) is 0.384. The molecule has 6 heteroatoms. The van der Waals surface area contributed by atoms with Crippen molar-refractivity contribution in [2.75, 3.05) is 23.8 Å². The monoisotopic (exact) mass is 264 g/mol. The zero-order chi connectivity index (χ0) is 14.0.